The van der Waals surface area contributed by atoms with E-state index in [1.54, 1.807) is 0 Å². The fourth-order valence-electron chi connectivity index (χ4n) is 2.17. The standard InChI is InChI=1S/C15H32/c1-6-8-9-10-15(13(3)4)12-11-14(5)7-2/h13-15H,6-12H2,1-5H3. The molecule has 0 radical (unpaired) electrons. The Morgan fingerprint density at radius 2 is 1.47 bits per heavy atom. The van der Waals surface area contributed by atoms with Crippen molar-refractivity contribution in [1.82, 2.24) is 0 Å². The zero-order valence-electron chi connectivity index (χ0n) is 11.7. The highest BCUT2D eigenvalue weighted by Gasteiger charge is 2.13. The van der Waals surface area contributed by atoms with Gasteiger partial charge in [-0.3, -0.25) is 0 Å². The molecule has 0 aromatic heterocycles. The van der Waals surface area contributed by atoms with Gasteiger partial charge in [0.2, 0.25) is 0 Å². The van der Waals surface area contributed by atoms with Gasteiger partial charge in [0.25, 0.3) is 0 Å². The largest absolute Gasteiger partial charge is 0.0654 e. The zero-order valence-corrected chi connectivity index (χ0v) is 11.7. The van der Waals surface area contributed by atoms with E-state index in [-0.39, 0.29) is 0 Å². The summed E-state index contributed by atoms with van der Waals surface area (Å²) in [5, 5.41) is 0. The van der Waals surface area contributed by atoms with Crippen LogP contribution in [0.25, 0.3) is 0 Å². The maximum Gasteiger partial charge on any atom is -0.0391 e. The molecule has 0 heterocycles. The molecule has 0 saturated heterocycles. The summed E-state index contributed by atoms with van der Waals surface area (Å²) < 4.78 is 0. The van der Waals surface area contributed by atoms with Crippen molar-refractivity contribution in [3.63, 3.8) is 0 Å². The van der Waals surface area contributed by atoms with Gasteiger partial charge in [0.15, 0.2) is 0 Å². The van der Waals surface area contributed by atoms with E-state index < -0.39 is 0 Å². The first-order valence-corrected chi connectivity index (χ1v) is 7.11. The average molecular weight is 212 g/mol. The highest BCUT2D eigenvalue weighted by Crippen LogP contribution is 2.26. The van der Waals surface area contributed by atoms with Crippen LogP contribution in [0.3, 0.4) is 0 Å². The van der Waals surface area contributed by atoms with E-state index in [0.29, 0.717) is 0 Å². The predicted molar refractivity (Wildman–Crippen MR) is 71.2 cm³/mol. The summed E-state index contributed by atoms with van der Waals surface area (Å²) in [6.07, 6.45) is 9.92. The normalized spacial score (nSPS) is 15.6. The summed E-state index contributed by atoms with van der Waals surface area (Å²) >= 11 is 0. The van der Waals surface area contributed by atoms with E-state index in [9.17, 15) is 0 Å². The molecule has 0 rings (SSSR count). The Hall–Kier alpha value is 0. The van der Waals surface area contributed by atoms with E-state index in [0.717, 1.165) is 17.8 Å². The van der Waals surface area contributed by atoms with Gasteiger partial charge in [0, 0.05) is 0 Å². The topological polar surface area (TPSA) is 0 Å². The van der Waals surface area contributed by atoms with E-state index in [4.69, 9.17) is 0 Å². The van der Waals surface area contributed by atoms with Gasteiger partial charge in [-0.1, -0.05) is 73.1 Å². The Morgan fingerprint density at radius 3 is 1.93 bits per heavy atom. The minimum Gasteiger partial charge on any atom is -0.0654 e. The minimum atomic E-state index is 0.880. The summed E-state index contributed by atoms with van der Waals surface area (Å²) in [4.78, 5) is 0. The maximum absolute atomic E-state index is 2.40. The molecule has 0 N–H and O–H groups in total. The molecule has 0 aliphatic carbocycles. The summed E-state index contributed by atoms with van der Waals surface area (Å²) in [5.41, 5.74) is 0. The Bertz CT molecular complexity index is 126. The van der Waals surface area contributed by atoms with Crippen molar-refractivity contribution in [2.24, 2.45) is 17.8 Å². The Morgan fingerprint density at radius 1 is 0.800 bits per heavy atom. The fraction of sp³-hybridized carbons (Fsp3) is 1.00. The van der Waals surface area contributed by atoms with Crippen LogP contribution in [0.4, 0.5) is 0 Å². The van der Waals surface area contributed by atoms with Crippen LogP contribution in [-0.4, -0.2) is 0 Å². The molecule has 0 aliphatic rings. The first-order valence-electron chi connectivity index (χ1n) is 7.11. The molecule has 0 bridgehead atoms. The molecule has 2 atom stereocenters. The third-order valence-electron chi connectivity index (χ3n) is 3.85. The molecule has 0 saturated carbocycles. The van der Waals surface area contributed by atoms with Gasteiger partial charge in [0.05, 0.1) is 0 Å². The number of rotatable bonds is 9. The smallest absolute Gasteiger partial charge is 0.0391 e. The number of hydrogen-bond donors (Lipinski definition) is 0. The van der Waals surface area contributed by atoms with Crippen molar-refractivity contribution in [3.05, 3.63) is 0 Å². The lowest BCUT2D eigenvalue weighted by Gasteiger charge is -2.22. The first kappa shape index (κ1) is 15.0. The van der Waals surface area contributed by atoms with Gasteiger partial charge < -0.3 is 0 Å². The Kier molecular flexibility index (Phi) is 9.24. The van der Waals surface area contributed by atoms with Crippen LogP contribution in [-0.2, 0) is 0 Å². The van der Waals surface area contributed by atoms with Crippen molar-refractivity contribution in [2.45, 2.75) is 79.6 Å². The molecule has 0 aromatic carbocycles. The molecule has 0 nitrogen and oxygen atoms in total. The van der Waals surface area contributed by atoms with Gasteiger partial charge in [0.1, 0.15) is 0 Å². The summed E-state index contributed by atoms with van der Waals surface area (Å²) in [5.74, 6) is 2.79. The number of unbranched alkanes of at least 4 members (excludes halogenated alkanes) is 2. The Balaban J connectivity index is 3.73. The molecule has 0 amide bonds. The molecule has 0 aromatic rings. The molecule has 0 heteroatoms. The van der Waals surface area contributed by atoms with Crippen LogP contribution >= 0.6 is 0 Å². The second kappa shape index (κ2) is 9.24. The highest BCUT2D eigenvalue weighted by molar-refractivity contribution is 4.65. The second-order valence-electron chi connectivity index (χ2n) is 5.59. The van der Waals surface area contributed by atoms with Gasteiger partial charge in [-0.2, -0.15) is 0 Å². The summed E-state index contributed by atoms with van der Waals surface area (Å²) in [7, 11) is 0. The second-order valence-corrected chi connectivity index (χ2v) is 5.59. The van der Waals surface area contributed by atoms with Crippen LogP contribution < -0.4 is 0 Å². The summed E-state index contributed by atoms with van der Waals surface area (Å²) in [6, 6.07) is 0. The van der Waals surface area contributed by atoms with Crippen molar-refractivity contribution in [3.8, 4) is 0 Å². The fourth-order valence-corrected chi connectivity index (χ4v) is 2.17. The summed E-state index contributed by atoms with van der Waals surface area (Å²) in [6.45, 7) is 11.8. The van der Waals surface area contributed by atoms with Crippen LogP contribution in [0, 0.1) is 17.8 Å². The average Bonchev–Trinajstić information content (AvgIpc) is 2.22. The molecule has 92 valence electrons. The zero-order chi connectivity index (χ0) is 11.7. The van der Waals surface area contributed by atoms with Crippen molar-refractivity contribution in [2.75, 3.05) is 0 Å². The molecular formula is C15H32. The van der Waals surface area contributed by atoms with Crippen LogP contribution in [0.2, 0.25) is 0 Å². The van der Waals surface area contributed by atoms with Gasteiger partial charge in [-0.25, -0.2) is 0 Å². The van der Waals surface area contributed by atoms with Crippen molar-refractivity contribution < 1.29 is 0 Å². The van der Waals surface area contributed by atoms with Gasteiger partial charge in [-0.05, 0) is 24.2 Å². The third kappa shape index (κ3) is 7.88. The molecule has 0 aliphatic heterocycles. The molecule has 0 fully saturated rings. The molecule has 0 spiro atoms. The molecule has 2 unspecified atom stereocenters. The quantitative estimate of drug-likeness (QED) is 0.432. The third-order valence-corrected chi connectivity index (χ3v) is 3.85. The maximum atomic E-state index is 2.40. The van der Waals surface area contributed by atoms with Gasteiger partial charge >= 0.3 is 0 Å². The van der Waals surface area contributed by atoms with E-state index in [1.165, 1.54) is 44.9 Å². The van der Waals surface area contributed by atoms with E-state index in [1.807, 2.05) is 0 Å². The molecular weight excluding hydrogens is 180 g/mol. The van der Waals surface area contributed by atoms with Crippen molar-refractivity contribution in [1.29, 1.82) is 0 Å². The van der Waals surface area contributed by atoms with E-state index >= 15 is 0 Å². The Labute approximate surface area is 97.8 Å². The van der Waals surface area contributed by atoms with Crippen LogP contribution in [0.5, 0.6) is 0 Å². The molecule has 15 heavy (non-hydrogen) atoms. The van der Waals surface area contributed by atoms with Crippen LogP contribution in [0.15, 0.2) is 0 Å². The highest BCUT2D eigenvalue weighted by atomic mass is 14.2. The predicted octanol–water partition coefficient (Wildman–Crippen LogP) is 5.67. The lowest BCUT2D eigenvalue weighted by Crippen LogP contribution is -2.10. The minimum absolute atomic E-state index is 0.880. The lowest BCUT2D eigenvalue weighted by molar-refractivity contribution is 0.297. The first-order chi connectivity index (χ1) is 7.11. The van der Waals surface area contributed by atoms with Crippen LogP contribution in [0.1, 0.15) is 79.6 Å². The van der Waals surface area contributed by atoms with E-state index in [2.05, 4.69) is 34.6 Å². The number of hydrogen-bond acceptors (Lipinski definition) is 0. The lowest BCUT2D eigenvalue weighted by atomic mass is 9.84. The van der Waals surface area contributed by atoms with Gasteiger partial charge in [-0.15, -0.1) is 0 Å². The SMILES string of the molecule is CCCCCC(CCC(C)CC)C(C)C. The van der Waals surface area contributed by atoms with Crippen molar-refractivity contribution >= 4 is 0 Å². The monoisotopic (exact) mass is 212 g/mol.